The van der Waals surface area contributed by atoms with Gasteiger partial charge in [0.1, 0.15) is 17.3 Å². The van der Waals surface area contributed by atoms with Gasteiger partial charge in [-0.15, -0.1) is 0 Å². The van der Waals surface area contributed by atoms with Crippen LogP contribution < -0.4 is 5.32 Å². The molecule has 2 aliphatic heterocycles. The molecule has 28 heavy (non-hydrogen) atoms. The highest BCUT2D eigenvalue weighted by atomic mass is 16.3. The number of hydrogen-bond donors (Lipinski definition) is 1. The van der Waals surface area contributed by atoms with E-state index in [1.165, 1.54) is 6.42 Å². The summed E-state index contributed by atoms with van der Waals surface area (Å²) in [5, 5.41) is 3.44. The minimum absolute atomic E-state index is 0.107. The molecule has 0 bridgehead atoms. The summed E-state index contributed by atoms with van der Waals surface area (Å²) in [5.74, 6) is 3.29. The normalized spacial score (nSPS) is 21.9. The Labute approximate surface area is 165 Å². The van der Waals surface area contributed by atoms with Crippen molar-refractivity contribution in [3.63, 3.8) is 0 Å². The Bertz CT molecular complexity index is 898. The molecule has 1 atom stereocenters. The highest BCUT2D eigenvalue weighted by Gasteiger charge is 2.31. The first-order valence-electron chi connectivity index (χ1n) is 10.7. The van der Waals surface area contributed by atoms with Gasteiger partial charge >= 0.3 is 0 Å². The van der Waals surface area contributed by atoms with Crippen molar-refractivity contribution < 1.29 is 9.21 Å². The molecule has 0 aromatic carbocycles. The summed E-state index contributed by atoms with van der Waals surface area (Å²) in [6.45, 7) is 5.29. The molecule has 5 rings (SSSR count). The number of nitrogens with zero attached hydrogens (tertiary/aromatic N) is 3. The monoisotopic (exact) mass is 380 g/mol. The van der Waals surface area contributed by atoms with Crippen molar-refractivity contribution in [2.24, 2.45) is 0 Å². The number of aromatic nitrogens is 2. The second kappa shape index (κ2) is 7.32. The number of carbonyl (C=O) groups is 1. The third-order valence-corrected chi connectivity index (χ3v) is 6.46. The van der Waals surface area contributed by atoms with E-state index in [1.807, 2.05) is 18.0 Å². The lowest BCUT2D eigenvalue weighted by atomic mass is 9.93. The van der Waals surface area contributed by atoms with Crippen LogP contribution in [0.4, 0.5) is 0 Å². The topological polar surface area (TPSA) is 71.3 Å². The summed E-state index contributed by atoms with van der Waals surface area (Å²) in [4.78, 5) is 24.8. The van der Waals surface area contributed by atoms with Gasteiger partial charge in [-0.2, -0.15) is 0 Å². The molecular formula is C22H28N4O2. The zero-order valence-electron chi connectivity index (χ0n) is 16.6. The van der Waals surface area contributed by atoms with Crippen molar-refractivity contribution in [1.29, 1.82) is 0 Å². The molecule has 0 radical (unpaired) electrons. The van der Waals surface area contributed by atoms with Crippen molar-refractivity contribution in [2.75, 3.05) is 19.6 Å². The number of nitrogens with one attached hydrogen (secondary N) is 1. The first kappa shape index (κ1) is 17.9. The standard InChI is InChI=1S/C22H28N4O2/c1-14-20(17-6-2-3-7-19(17)28-14)22(27)26-10-8-18-16(13-26)12-24-21(25-18)15-5-4-9-23-11-15/h12,15,23H,2-11,13H2,1H3/t15-/m0/s1. The number of carbonyl (C=O) groups excluding carboxylic acids is 1. The van der Waals surface area contributed by atoms with Crippen LogP contribution in [-0.4, -0.2) is 40.4 Å². The smallest absolute Gasteiger partial charge is 0.257 e. The van der Waals surface area contributed by atoms with E-state index in [0.717, 1.165) is 91.3 Å². The van der Waals surface area contributed by atoms with E-state index in [2.05, 4.69) is 10.3 Å². The lowest BCUT2D eigenvalue weighted by Crippen LogP contribution is -2.37. The molecular weight excluding hydrogens is 352 g/mol. The van der Waals surface area contributed by atoms with Gasteiger partial charge in [0.25, 0.3) is 5.91 Å². The van der Waals surface area contributed by atoms with Crippen LogP contribution in [0.2, 0.25) is 0 Å². The zero-order chi connectivity index (χ0) is 19.1. The van der Waals surface area contributed by atoms with Gasteiger partial charge < -0.3 is 14.6 Å². The number of furan rings is 1. The molecule has 4 heterocycles. The van der Waals surface area contributed by atoms with Gasteiger partial charge in [0, 0.05) is 55.7 Å². The fraction of sp³-hybridized carbons (Fsp3) is 0.591. The zero-order valence-corrected chi connectivity index (χ0v) is 16.6. The first-order valence-corrected chi connectivity index (χ1v) is 10.7. The van der Waals surface area contributed by atoms with Crippen LogP contribution in [0.3, 0.4) is 0 Å². The number of piperidine rings is 1. The van der Waals surface area contributed by atoms with Crippen molar-refractivity contribution in [3.8, 4) is 0 Å². The van der Waals surface area contributed by atoms with E-state index in [-0.39, 0.29) is 5.91 Å². The maximum atomic E-state index is 13.3. The highest BCUT2D eigenvalue weighted by molar-refractivity contribution is 5.97. The summed E-state index contributed by atoms with van der Waals surface area (Å²) in [6, 6.07) is 0. The summed E-state index contributed by atoms with van der Waals surface area (Å²) in [7, 11) is 0. The van der Waals surface area contributed by atoms with Crippen LogP contribution in [0.15, 0.2) is 10.6 Å². The van der Waals surface area contributed by atoms with Crippen molar-refractivity contribution in [2.45, 2.75) is 64.3 Å². The minimum atomic E-state index is 0.107. The van der Waals surface area contributed by atoms with Gasteiger partial charge in [-0.05, 0) is 45.6 Å². The Hall–Kier alpha value is -2.21. The summed E-state index contributed by atoms with van der Waals surface area (Å²) in [5.41, 5.74) is 4.16. The maximum Gasteiger partial charge on any atom is 0.257 e. The Morgan fingerprint density at radius 1 is 1.25 bits per heavy atom. The Morgan fingerprint density at radius 3 is 3.00 bits per heavy atom. The number of aryl methyl sites for hydroxylation is 2. The van der Waals surface area contributed by atoms with Crippen molar-refractivity contribution in [1.82, 2.24) is 20.2 Å². The van der Waals surface area contributed by atoms with Gasteiger partial charge in [0.15, 0.2) is 0 Å². The predicted octanol–water partition coefficient (Wildman–Crippen LogP) is 2.92. The van der Waals surface area contributed by atoms with Crippen LogP contribution in [0.25, 0.3) is 0 Å². The molecule has 1 aliphatic carbocycles. The summed E-state index contributed by atoms with van der Waals surface area (Å²) >= 11 is 0. The molecule has 6 nitrogen and oxygen atoms in total. The van der Waals surface area contributed by atoms with Crippen LogP contribution in [0, 0.1) is 6.92 Å². The number of amides is 1. The Morgan fingerprint density at radius 2 is 2.14 bits per heavy atom. The third-order valence-electron chi connectivity index (χ3n) is 6.46. The third kappa shape index (κ3) is 3.13. The SMILES string of the molecule is Cc1oc2c(c1C(=O)N1CCc3nc([C@H]4CCCNC4)ncc3C1)CCCC2. The number of rotatable bonds is 2. The largest absolute Gasteiger partial charge is 0.465 e. The van der Waals surface area contributed by atoms with Gasteiger partial charge in [0.2, 0.25) is 0 Å². The second-order valence-corrected chi connectivity index (χ2v) is 8.36. The lowest BCUT2D eigenvalue weighted by molar-refractivity contribution is 0.0730. The quantitative estimate of drug-likeness (QED) is 0.867. The predicted molar refractivity (Wildman–Crippen MR) is 105 cm³/mol. The van der Waals surface area contributed by atoms with E-state index in [0.29, 0.717) is 19.0 Å². The van der Waals surface area contributed by atoms with Gasteiger partial charge in [-0.25, -0.2) is 9.97 Å². The lowest BCUT2D eigenvalue weighted by Gasteiger charge is -2.29. The van der Waals surface area contributed by atoms with Crippen molar-refractivity contribution >= 4 is 5.91 Å². The molecule has 1 N–H and O–H groups in total. The molecule has 0 unspecified atom stereocenters. The molecule has 2 aromatic heterocycles. The molecule has 3 aliphatic rings. The molecule has 1 fully saturated rings. The Kier molecular flexibility index (Phi) is 4.67. The fourth-order valence-electron chi connectivity index (χ4n) is 4.91. The van der Waals surface area contributed by atoms with E-state index >= 15 is 0 Å². The molecule has 0 saturated carbocycles. The fourth-order valence-corrected chi connectivity index (χ4v) is 4.91. The van der Waals surface area contributed by atoms with Crippen LogP contribution in [0.1, 0.15) is 76.1 Å². The van der Waals surface area contributed by atoms with E-state index < -0.39 is 0 Å². The number of fused-ring (bicyclic) bond motifs is 2. The van der Waals surface area contributed by atoms with Gasteiger partial charge in [-0.1, -0.05) is 0 Å². The highest BCUT2D eigenvalue weighted by Crippen LogP contribution is 2.31. The second-order valence-electron chi connectivity index (χ2n) is 8.36. The van der Waals surface area contributed by atoms with E-state index in [9.17, 15) is 4.79 Å². The average molecular weight is 380 g/mol. The van der Waals surface area contributed by atoms with Crippen LogP contribution in [0.5, 0.6) is 0 Å². The number of hydrogen-bond acceptors (Lipinski definition) is 5. The first-order chi connectivity index (χ1) is 13.7. The Balaban J connectivity index is 1.36. The van der Waals surface area contributed by atoms with Crippen molar-refractivity contribution in [3.05, 3.63) is 45.9 Å². The minimum Gasteiger partial charge on any atom is -0.465 e. The van der Waals surface area contributed by atoms with E-state index in [1.54, 1.807) is 0 Å². The molecule has 6 heteroatoms. The van der Waals surface area contributed by atoms with Gasteiger partial charge in [0.05, 0.1) is 11.3 Å². The molecule has 1 saturated heterocycles. The summed E-state index contributed by atoms with van der Waals surface area (Å²) < 4.78 is 5.92. The molecule has 2 aromatic rings. The maximum absolute atomic E-state index is 13.3. The average Bonchev–Trinajstić information content (AvgIpc) is 3.08. The van der Waals surface area contributed by atoms with E-state index in [4.69, 9.17) is 9.40 Å². The van der Waals surface area contributed by atoms with Crippen LogP contribution in [-0.2, 0) is 25.8 Å². The van der Waals surface area contributed by atoms with Gasteiger partial charge in [-0.3, -0.25) is 4.79 Å². The molecule has 148 valence electrons. The molecule has 1 amide bonds. The molecule has 0 spiro atoms. The van der Waals surface area contributed by atoms with Crippen LogP contribution >= 0.6 is 0 Å². The summed E-state index contributed by atoms with van der Waals surface area (Å²) in [6.07, 6.45) is 9.30.